The van der Waals surface area contributed by atoms with Crippen LogP contribution in [0.4, 0.5) is 0 Å². The predicted octanol–water partition coefficient (Wildman–Crippen LogP) is 15.8. The Morgan fingerprint density at radius 1 is 0.143 bits per heavy atom. The van der Waals surface area contributed by atoms with Gasteiger partial charge in [-0.05, 0) is 140 Å². The summed E-state index contributed by atoms with van der Waals surface area (Å²) >= 11 is 0. The largest absolute Gasteiger partial charge is 0.0622 e. The van der Waals surface area contributed by atoms with Crippen LogP contribution in [0.25, 0.3) is 109 Å². The maximum absolute atomic E-state index is 2.34. The van der Waals surface area contributed by atoms with Gasteiger partial charge < -0.3 is 0 Å². The highest BCUT2D eigenvalue weighted by Crippen LogP contribution is 2.36. The Hall–Kier alpha value is -7.28. The molecule has 0 unspecified atom stereocenters. The van der Waals surface area contributed by atoms with Gasteiger partial charge in [0.1, 0.15) is 0 Å². The molecule has 0 nitrogen and oxygen atoms in total. The zero-order chi connectivity index (χ0) is 37.0. The molecule has 0 radical (unpaired) electrons. The lowest BCUT2D eigenvalue weighted by molar-refractivity contribution is 1.60. The minimum absolute atomic E-state index is 1.23. The topological polar surface area (TPSA) is 0 Å². The third-order valence-electron chi connectivity index (χ3n) is 11.6. The number of hydrogen-bond donors (Lipinski definition) is 0. The van der Waals surface area contributed by atoms with Crippen molar-refractivity contribution >= 4 is 53.9 Å². The summed E-state index contributed by atoms with van der Waals surface area (Å²) in [5, 5.41) is 12.7. The molecule has 0 atom stereocenters. The van der Waals surface area contributed by atoms with E-state index < -0.39 is 0 Å². The second-order valence-electron chi connectivity index (χ2n) is 15.0. The van der Waals surface area contributed by atoms with Crippen molar-refractivity contribution in [3.8, 4) is 55.6 Å². The van der Waals surface area contributed by atoms with Crippen molar-refractivity contribution in [2.75, 3.05) is 0 Å². The first-order valence-electron chi connectivity index (χ1n) is 19.4. The summed E-state index contributed by atoms with van der Waals surface area (Å²) < 4.78 is 0. The quantitative estimate of drug-likeness (QED) is 0.156. The van der Waals surface area contributed by atoms with Gasteiger partial charge in [-0.2, -0.15) is 0 Å². The van der Waals surface area contributed by atoms with Gasteiger partial charge in [0.05, 0.1) is 0 Å². The van der Waals surface area contributed by atoms with Gasteiger partial charge in [-0.3, -0.25) is 0 Å². The molecule has 0 N–H and O–H groups in total. The molecule has 0 bridgehead atoms. The fourth-order valence-corrected chi connectivity index (χ4v) is 8.57. The Morgan fingerprint density at radius 3 is 0.804 bits per heavy atom. The predicted molar refractivity (Wildman–Crippen MR) is 241 cm³/mol. The molecule has 260 valence electrons. The molecule has 0 fully saturated rings. The Labute approximate surface area is 326 Å². The van der Waals surface area contributed by atoms with Gasteiger partial charge in [0.15, 0.2) is 0 Å². The van der Waals surface area contributed by atoms with Crippen LogP contribution in [0.1, 0.15) is 0 Å². The normalized spacial score (nSPS) is 11.6. The van der Waals surface area contributed by atoms with Gasteiger partial charge in [-0.15, -0.1) is 0 Å². The summed E-state index contributed by atoms with van der Waals surface area (Å²) in [4.78, 5) is 0. The van der Waals surface area contributed by atoms with Crippen molar-refractivity contribution in [2.45, 2.75) is 0 Å². The van der Waals surface area contributed by atoms with E-state index in [0.717, 1.165) is 0 Å². The average Bonchev–Trinajstić information content (AvgIpc) is 3.28. The summed E-state index contributed by atoms with van der Waals surface area (Å²) in [5.41, 5.74) is 12.3. The fourth-order valence-electron chi connectivity index (χ4n) is 8.57. The summed E-state index contributed by atoms with van der Waals surface area (Å²) in [5.74, 6) is 0. The molecule has 11 aromatic rings. The lowest BCUT2D eigenvalue weighted by Gasteiger charge is -2.11. The Balaban J connectivity index is 0.858. The summed E-state index contributed by atoms with van der Waals surface area (Å²) in [6, 6.07) is 80.3. The summed E-state index contributed by atoms with van der Waals surface area (Å²) in [6.45, 7) is 0. The van der Waals surface area contributed by atoms with E-state index in [-0.39, 0.29) is 0 Å². The van der Waals surface area contributed by atoms with Crippen molar-refractivity contribution in [1.82, 2.24) is 0 Å². The zero-order valence-corrected chi connectivity index (χ0v) is 30.8. The number of hydrogen-bond acceptors (Lipinski definition) is 0. The van der Waals surface area contributed by atoms with E-state index >= 15 is 0 Å². The van der Waals surface area contributed by atoms with E-state index in [1.54, 1.807) is 0 Å². The third kappa shape index (κ3) is 5.72. The van der Waals surface area contributed by atoms with Crippen LogP contribution in [0.2, 0.25) is 0 Å². The lowest BCUT2D eigenvalue weighted by Crippen LogP contribution is -1.85. The van der Waals surface area contributed by atoms with E-state index in [9.17, 15) is 0 Å². The molecule has 0 heteroatoms. The Bertz CT molecular complexity index is 3260. The molecule has 0 spiro atoms. The van der Waals surface area contributed by atoms with Crippen molar-refractivity contribution in [3.05, 3.63) is 218 Å². The molecule has 0 aliphatic heterocycles. The van der Waals surface area contributed by atoms with Crippen LogP contribution < -0.4 is 0 Å². The SMILES string of the molecule is c1ccc(-c2ccc(-c3ccc4c(ccc5cc(-c6ccc7c(ccc8cc(-c9ccc(-c%10ccc%11ccccc%11c%10)cc9)ccc87)c6)ccc54)c3)cc2)cc1. The van der Waals surface area contributed by atoms with E-state index in [2.05, 4.69) is 218 Å². The molecule has 11 rings (SSSR count). The molecule has 56 heavy (non-hydrogen) atoms. The van der Waals surface area contributed by atoms with Crippen molar-refractivity contribution in [1.29, 1.82) is 0 Å². The van der Waals surface area contributed by atoms with Crippen LogP contribution in [0, 0.1) is 0 Å². The summed E-state index contributed by atoms with van der Waals surface area (Å²) in [6.07, 6.45) is 0. The van der Waals surface area contributed by atoms with Gasteiger partial charge in [0, 0.05) is 0 Å². The first kappa shape index (κ1) is 32.2. The van der Waals surface area contributed by atoms with E-state index in [0.29, 0.717) is 0 Å². The second kappa shape index (κ2) is 13.2. The minimum atomic E-state index is 1.23. The number of rotatable bonds is 5. The van der Waals surface area contributed by atoms with Crippen LogP contribution in [0.3, 0.4) is 0 Å². The molecule has 0 aliphatic rings. The van der Waals surface area contributed by atoms with Gasteiger partial charge >= 0.3 is 0 Å². The average molecular weight is 709 g/mol. The summed E-state index contributed by atoms with van der Waals surface area (Å²) in [7, 11) is 0. The van der Waals surface area contributed by atoms with E-state index in [1.807, 2.05) is 0 Å². The first-order chi connectivity index (χ1) is 27.7. The van der Waals surface area contributed by atoms with Crippen molar-refractivity contribution in [3.63, 3.8) is 0 Å². The highest BCUT2D eigenvalue weighted by molar-refractivity contribution is 6.11. The van der Waals surface area contributed by atoms with Crippen LogP contribution in [0.15, 0.2) is 218 Å². The highest BCUT2D eigenvalue weighted by atomic mass is 14.1. The van der Waals surface area contributed by atoms with Crippen LogP contribution >= 0.6 is 0 Å². The standard InChI is InChI=1S/C56H36/c1-2-6-37(7-3-1)39-10-12-41(13-11-39)45-24-28-53-49(33-45)20-22-51-35-47(26-30-55(51)53)48-27-31-56-52(36-48)23-21-50-34-46(25-29-54(50)56)42-16-14-40(15-17-42)44-19-18-38-8-4-5-9-43(38)32-44/h1-36H. The first-order valence-corrected chi connectivity index (χ1v) is 19.4. The molecule has 0 aliphatic carbocycles. The highest BCUT2D eigenvalue weighted by Gasteiger charge is 2.10. The van der Waals surface area contributed by atoms with Crippen LogP contribution in [-0.2, 0) is 0 Å². The molecule has 0 aromatic heterocycles. The zero-order valence-electron chi connectivity index (χ0n) is 30.8. The molecular formula is C56H36. The van der Waals surface area contributed by atoms with Crippen LogP contribution in [-0.4, -0.2) is 0 Å². The lowest BCUT2D eigenvalue weighted by atomic mass is 9.93. The van der Waals surface area contributed by atoms with E-state index in [4.69, 9.17) is 0 Å². The maximum Gasteiger partial charge on any atom is -0.0105 e. The van der Waals surface area contributed by atoms with Crippen molar-refractivity contribution in [2.24, 2.45) is 0 Å². The van der Waals surface area contributed by atoms with Gasteiger partial charge in [0.25, 0.3) is 0 Å². The Morgan fingerprint density at radius 2 is 0.393 bits per heavy atom. The smallest absolute Gasteiger partial charge is 0.0105 e. The number of benzene rings is 11. The van der Waals surface area contributed by atoms with Gasteiger partial charge in [-0.25, -0.2) is 0 Å². The number of fused-ring (bicyclic) bond motifs is 7. The van der Waals surface area contributed by atoms with Gasteiger partial charge in [0.2, 0.25) is 0 Å². The Kier molecular flexibility index (Phi) is 7.60. The van der Waals surface area contributed by atoms with Crippen LogP contribution in [0.5, 0.6) is 0 Å². The van der Waals surface area contributed by atoms with Crippen molar-refractivity contribution < 1.29 is 0 Å². The minimum Gasteiger partial charge on any atom is -0.0622 e. The molecule has 0 heterocycles. The molecular weight excluding hydrogens is 673 g/mol. The fraction of sp³-hybridized carbons (Fsp3) is 0. The molecule has 11 aromatic carbocycles. The molecule has 0 saturated carbocycles. The maximum atomic E-state index is 2.34. The molecule has 0 saturated heterocycles. The van der Waals surface area contributed by atoms with E-state index in [1.165, 1.54) is 109 Å². The second-order valence-corrected chi connectivity index (χ2v) is 15.0. The third-order valence-corrected chi connectivity index (χ3v) is 11.6. The molecule has 0 amide bonds. The monoisotopic (exact) mass is 708 g/mol. The van der Waals surface area contributed by atoms with Gasteiger partial charge in [-0.1, -0.05) is 188 Å².